The first-order chi connectivity index (χ1) is 7.95. The molecule has 1 aromatic carbocycles. The maximum Gasteiger partial charge on any atom is 0.486 e. The van der Waals surface area contributed by atoms with Gasteiger partial charge in [0.05, 0.1) is 0 Å². The Morgan fingerprint density at radius 3 is 2.44 bits per heavy atom. The van der Waals surface area contributed by atoms with E-state index in [-0.39, 0.29) is 7.12 Å². The van der Waals surface area contributed by atoms with Gasteiger partial charge in [0.2, 0.25) is 0 Å². The van der Waals surface area contributed by atoms with E-state index in [1.165, 1.54) is 0 Å². The number of hydrogen-bond acceptors (Lipinski definition) is 3. The summed E-state index contributed by atoms with van der Waals surface area (Å²) < 4.78 is 11.1. The van der Waals surface area contributed by atoms with Gasteiger partial charge in [-0.1, -0.05) is 42.4 Å². The van der Waals surface area contributed by atoms with Crippen molar-refractivity contribution in [3.63, 3.8) is 0 Å². The number of hydrogen-bond donors (Lipinski definition) is 1. The molecule has 1 N–H and O–H groups in total. The van der Waals surface area contributed by atoms with Crippen molar-refractivity contribution in [1.29, 1.82) is 0 Å². The van der Waals surface area contributed by atoms with Crippen LogP contribution in [0.2, 0.25) is 0 Å². The minimum absolute atomic E-state index is 0.220. The molecule has 3 nitrogen and oxygen atoms in total. The molecule has 0 unspecified atom stereocenters. The van der Waals surface area contributed by atoms with E-state index in [2.05, 4.69) is 17.4 Å². The number of nitrogens with one attached hydrogen (secondary N) is 1. The average molecular weight is 217 g/mol. The minimum atomic E-state index is -0.220. The second-order valence-electron chi connectivity index (χ2n) is 3.63. The lowest BCUT2D eigenvalue weighted by Gasteiger charge is -2.15. The van der Waals surface area contributed by atoms with Crippen LogP contribution in [0, 0.1) is 0 Å². The van der Waals surface area contributed by atoms with E-state index >= 15 is 0 Å². The van der Waals surface area contributed by atoms with Gasteiger partial charge in [-0.05, 0) is 5.56 Å². The summed E-state index contributed by atoms with van der Waals surface area (Å²) in [5, 5.41) is 3.21. The zero-order valence-electron chi connectivity index (χ0n) is 9.26. The standard InChI is InChI=1S/C12H16BNO2/c1-2-4-12(5-3-1)6-7-13-15-10-8-14-9-11-16-13/h1-7,14H,8-11H2. The van der Waals surface area contributed by atoms with Crippen molar-refractivity contribution in [2.24, 2.45) is 0 Å². The molecule has 0 aliphatic carbocycles. The van der Waals surface area contributed by atoms with E-state index in [9.17, 15) is 0 Å². The molecule has 4 heteroatoms. The lowest BCUT2D eigenvalue weighted by molar-refractivity contribution is 0.186. The van der Waals surface area contributed by atoms with Crippen molar-refractivity contribution in [2.75, 3.05) is 26.3 Å². The van der Waals surface area contributed by atoms with Crippen LogP contribution in [0.4, 0.5) is 0 Å². The zero-order chi connectivity index (χ0) is 11.1. The van der Waals surface area contributed by atoms with Gasteiger partial charge in [-0.15, -0.1) is 0 Å². The van der Waals surface area contributed by atoms with E-state index < -0.39 is 0 Å². The summed E-state index contributed by atoms with van der Waals surface area (Å²) in [5.74, 6) is 1.96. The Kier molecular flexibility index (Phi) is 4.61. The van der Waals surface area contributed by atoms with Crippen molar-refractivity contribution >= 4 is 13.2 Å². The molecule has 0 atom stereocenters. The Balaban J connectivity index is 1.89. The molecule has 1 heterocycles. The Morgan fingerprint density at radius 1 is 1.06 bits per heavy atom. The van der Waals surface area contributed by atoms with Gasteiger partial charge in [0.1, 0.15) is 0 Å². The van der Waals surface area contributed by atoms with Crippen LogP contribution < -0.4 is 5.32 Å². The summed E-state index contributed by atoms with van der Waals surface area (Å²) in [5.41, 5.74) is 1.16. The number of benzene rings is 1. The van der Waals surface area contributed by atoms with E-state index in [0.717, 1.165) is 18.7 Å². The molecule has 0 aromatic heterocycles. The summed E-state index contributed by atoms with van der Waals surface area (Å²) in [7, 11) is -0.220. The van der Waals surface area contributed by atoms with Crippen LogP contribution in [-0.2, 0) is 9.31 Å². The summed E-state index contributed by atoms with van der Waals surface area (Å²) in [6.45, 7) is 3.14. The highest BCUT2D eigenvalue weighted by Crippen LogP contribution is 2.03. The second-order valence-corrected chi connectivity index (χ2v) is 3.63. The molecule has 1 aliphatic rings. The first-order valence-electron chi connectivity index (χ1n) is 5.62. The van der Waals surface area contributed by atoms with Crippen LogP contribution in [0.1, 0.15) is 5.56 Å². The van der Waals surface area contributed by atoms with Crippen molar-refractivity contribution in [2.45, 2.75) is 0 Å². The molecule has 0 amide bonds. The molecular formula is C12H16BNO2. The Bertz CT molecular complexity index is 321. The average Bonchev–Trinajstić information content (AvgIpc) is 2.29. The fourth-order valence-corrected chi connectivity index (χ4v) is 1.53. The van der Waals surface area contributed by atoms with Gasteiger partial charge < -0.3 is 14.6 Å². The SMILES string of the molecule is C(=Cc1ccccc1)B1OCCNCCO1. The quantitative estimate of drug-likeness (QED) is 0.758. The molecule has 16 heavy (non-hydrogen) atoms. The van der Waals surface area contributed by atoms with Gasteiger partial charge in [-0.2, -0.15) is 0 Å². The van der Waals surface area contributed by atoms with Gasteiger partial charge in [0, 0.05) is 26.3 Å². The van der Waals surface area contributed by atoms with Crippen molar-refractivity contribution in [1.82, 2.24) is 5.32 Å². The van der Waals surface area contributed by atoms with Crippen molar-refractivity contribution in [3.8, 4) is 0 Å². The molecule has 0 radical (unpaired) electrons. The highest BCUT2D eigenvalue weighted by molar-refractivity contribution is 6.51. The zero-order valence-corrected chi connectivity index (χ0v) is 9.26. The fourth-order valence-electron chi connectivity index (χ4n) is 1.53. The largest absolute Gasteiger partial charge is 0.486 e. The third-order valence-electron chi connectivity index (χ3n) is 2.37. The summed E-state index contributed by atoms with van der Waals surface area (Å²) in [6.07, 6.45) is 2.03. The molecule has 84 valence electrons. The molecule has 1 aromatic rings. The van der Waals surface area contributed by atoms with Gasteiger partial charge in [-0.3, -0.25) is 0 Å². The Morgan fingerprint density at radius 2 is 1.75 bits per heavy atom. The van der Waals surface area contributed by atoms with E-state index in [1.807, 2.05) is 30.3 Å². The lowest BCUT2D eigenvalue weighted by atomic mass is 9.88. The van der Waals surface area contributed by atoms with Crippen LogP contribution >= 0.6 is 0 Å². The summed E-state index contributed by atoms with van der Waals surface area (Å²) in [6, 6.07) is 10.2. The molecular weight excluding hydrogens is 201 g/mol. The second kappa shape index (κ2) is 6.48. The normalized spacial score (nSPS) is 18.4. The third-order valence-corrected chi connectivity index (χ3v) is 2.37. The van der Waals surface area contributed by atoms with Gasteiger partial charge in [-0.25, -0.2) is 0 Å². The maximum atomic E-state index is 5.53. The van der Waals surface area contributed by atoms with Crippen molar-refractivity contribution < 1.29 is 9.31 Å². The van der Waals surface area contributed by atoms with Gasteiger partial charge in [0.25, 0.3) is 0 Å². The highest BCUT2D eigenvalue weighted by Gasteiger charge is 2.15. The van der Waals surface area contributed by atoms with Crippen LogP contribution in [0.3, 0.4) is 0 Å². The van der Waals surface area contributed by atoms with Gasteiger partial charge >= 0.3 is 7.12 Å². The summed E-state index contributed by atoms with van der Waals surface area (Å²) >= 11 is 0. The van der Waals surface area contributed by atoms with Crippen LogP contribution in [-0.4, -0.2) is 33.4 Å². The molecule has 1 aliphatic heterocycles. The van der Waals surface area contributed by atoms with Crippen LogP contribution in [0.5, 0.6) is 0 Å². The lowest BCUT2D eigenvalue weighted by Crippen LogP contribution is -2.34. The van der Waals surface area contributed by atoms with Crippen molar-refractivity contribution in [3.05, 3.63) is 41.9 Å². The third kappa shape index (κ3) is 3.81. The monoisotopic (exact) mass is 217 g/mol. The smallest absolute Gasteiger partial charge is 0.406 e. The Hall–Kier alpha value is -1.10. The van der Waals surface area contributed by atoms with E-state index in [0.29, 0.717) is 13.2 Å². The Labute approximate surface area is 96.6 Å². The van der Waals surface area contributed by atoms with E-state index in [1.54, 1.807) is 0 Å². The van der Waals surface area contributed by atoms with Crippen LogP contribution in [0.25, 0.3) is 6.08 Å². The molecule has 0 bridgehead atoms. The molecule has 2 rings (SSSR count). The van der Waals surface area contributed by atoms with Crippen LogP contribution in [0.15, 0.2) is 36.3 Å². The fraction of sp³-hybridized carbons (Fsp3) is 0.333. The minimum Gasteiger partial charge on any atom is -0.406 e. The first kappa shape index (κ1) is 11.4. The van der Waals surface area contributed by atoms with Gasteiger partial charge in [0.15, 0.2) is 0 Å². The summed E-state index contributed by atoms with van der Waals surface area (Å²) in [4.78, 5) is 0. The molecule has 1 fully saturated rings. The predicted octanol–water partition coefficient (Wildman–Crippen LogP) is 1.36. The molecule has 0 saturated carbocycles. The highest BCUT2D eigenvalue weighted by atomic mass is 16.6. The predicted molar refractivity (Wildman–Crippen MR) is 66.0 cm³/mol. The maximum absolute atomic E-state index is 5.53. The molecule has 0 spiro atoms. The topological polar surface area (TPSA) is 30.5 Å². The molecule has 1 saturated heterocycles. The first-order valence-corrected chi connectivity index (χ1v) is 5.62. The number of rotatable bonds is 2. The van der Waals surface area contributed by atoms with E-state index in [4.69, 9.17) is 9.31 Å².